The average molecular weight is 310 g/mol. The zero-order valence-electron chi connectivity index (χ0n) is 13.7. The lowest BCUT2D eigenvalue weighted by molar-refractivity contribution is -0.142. The quantitative estimate of drug-likeness (QED) is 0.549. The highest BCUT2D eigenvalue weighted by Crippen LogP contribution is 2.29. The molecule has 0 amide bonds. The third-order valence-electron chi connectivity index (χ3n) is 4.54. The number of aliphatic hydroxyl groups is 1. The second-order valence-electron chi connectivity index (χ2n) is 6.65. The summed E-state index contributed by atoms with van der Waals surface area (Å²) >= 11 is 0. The molecule has 1 N–H and O–H groups in total. The molecule has 2 rings (SSSR count). The monoisotopic (exact) mass is 310 g/mol. The number of carbonyl (C=O) groups is 1. The number of aliphatic hydroxyl groups excluding tert-OH is 1. The fourth-order valence-corrected chi connectivity index (χ4v) is 3.08. The van der Waals surface area contributed by atoms with Gasteiger partial charge in [-0.25, -0.2) is 4.79 Å². The summed E-state index contributed by atoms with van der Waals surface area (Å²) in [7, 11) is 0. The van der Waals surface area contributed by atoms with Crippen LogP contribution in [0.3, 0.4) is 0 Å². The Morgan fingerprint density at radius 2 is 1.59 bits per heavy atom. The van der Waals surface area contributed by atoms with Crippen molar-refractivity contribution >= 4 is 5.97 Å². The molecule has 4 heteroatoms. The Morgan fingerprint density at radius 1 is 1.00 bits per heavy atom. The van der Waals surface area contributed by atoms with Crippen LogP contribution in [0, 0.1) is 0 Å². The van der Waals surface area contributed by atoms with Crippen LogP contribution >= 0.6 is 0 Å². The van der Waals surface area contributed by atoms with Crippen molar-refractivity contribution in [3.8, 4) is 0 Å². The number of cyclic esters (lactones) is 1. The van der Waals surface area contributed by atoms with E-state index < -0.39 is 6.10 Å². The SMILES string of the molecule is C[C@H]1CCCCCCCCCC[C@@H](O)[C@@H]2O[C@H]2/C=C\C(=O)O1. The van der Waals surface area contributed by atoms with Crippen molar-refractivity contribution in [1.82, 2.24) is 0 Å². The number of esters is 1. The third-order valence-corrected chi connectivity index (χ3v) is 4.54. The Morgan fingerprint density at radius 3 is 2.27 bits per heavy atom. The molecule has 0 aromatic heterocycles. The van der Waals surface area contributed by atoms with Crippen LogP contribution in [-0.2, 0) is 14.3 Å². The van der Waals surface area contributed by atoms with Crippen molar-refractivity contribution in [3.63, 3.8) is 0 Å². The van der Waals surface area contributed by atoms with Gasteiger partial charge in [0.15, 0.2) is 0 Å². The Balaban J connectivity index is 1.80. The number of hydrogen-bond donors (Lipinski definition) is 1. The van der Waals surface area contributed by atoms with Crippen LogP contribution in [0.25, 0.3) is 0 Å². The molecule has 1 fully saturated rings. The Bertz CT molecular complexity index is 366. The molecule has 0 aromatic carbocycles. The molecule has 0 radical (unpaired) electrons. The molecule has 0 aromatic rings. The first-order chi connectivity index (χ1) is 10.7. The summed E-state index contributed by atoms with van der Waals surface area (Å²) in [4.78, 5) is 11.7. The highest BCUT2D eigenvalue weighted by atomic mass is 16.6. The maximum atomic E-state index is 11.7. The van der Waals surface area contributed by atoms with Gasteiger partial charge >= 0.3 is 5.97 Å². The standard InChI is InChI=1S/C18H30O4/c1-14-10-8-6-4-2-3-5-7-9-11-15(19)18-16(22-18)12-13-17(20)21-14/h12-16,18-19H,2-11H2,1H3/b13-12-/t14-,15+,16-,18-/m0/s1. The molecule has 0 saturated carbocycles. The number of fused-ring (bicyclic) bond motifs is 1. The Kier molecular flexibility index (Phi) is 7.40. The third kappa shape index (κ3) is 6.49. The van der Waals surface area contributed by atoms with Crippen LogP contribution in [0.4, 0.5) is 0 Å². The molecule has 0 bridgehead atoms. The van der Waals surface area contributed by atoms with Crippen LogP contribution in [-0.4, -0.2) is 35.5 Å². The van der Waals surface area contributed by atoms with Gasteiger partial charge < -0.3 is 14.6 Å². The van der Waals surface area contributed by atoms with E-state index in [2.05, 4.69) is 0 Å². The van der Waals surface area contributed by atoms with Crippen molar-refractivity contribution in [2.45, 2.75) is 95.5 Å². The van der Waals surface area contributed by atoms with Gasteiger partial charge in [0.25, 0.3) is 0 Å². The van der Waals surface area contributed by atoms with E-state index in [0.29, 0.717) is 0 Å². The molecule has 2 heterocycles. The van der Waals surface area contributed by atoms with Crippen LogP contribution in [0.15, 0.2) is 12.2 Å². The predicted octanol–water partition coefficient (Wildman–Crippen LogP) is 3.52. The Labute approximate surface area is 133 Å². The minimum atomic E-state index is -0.413. The fourth-order valence-electron chi connectivity index (χ4n) is 3.08. The summed E-state index contributed by atoms with van der Waals surface area (Å²) in [6.45, 7) is 1.95. The van der Waals surface area contributed by atoms with E-state index in [0.717, 1.165) is 25.7 Å². The van der Waals surface area contributed by atoms with E-state index >= 15 is 0 Å². The number of epoxide rings is 1. The molecule has 126 valence electrons. The molecule has 4 atom stereocenters. The molecule has 2 aliphatic heterocycles. The van der Waals surface area contributed by atoms with E-state index in [1.54, 1.807) is 6.08 Å². The number of hydrogen-bond acceptors (Lipinski definition) is 4. The van der Waals surface area contributed by atoms with Gasteiger partial charge in [-0.3, -0.25) is 0 Å². The smallest absolute Gasteiger partial charge is 0.330 e. The van der Waals surface area contributed by atoms with Crippen molar-refractivity contribution in [3.05, 3.63) is 12.2 Å². The molecule has 1 saturated heterocycles. The molecule has 0 aliphatic carbocycles. The second-order valence-corrected chi connectivity index (χ2v) is 6.65. The van der Waals surface area contributed by atoms with E-state index in [1.807, 2.05) is 6.92 Å². The van der Waals surface area contributed by atoms with Gasteiger partial charge in [0.2, 0.25) is 0 Å². The molecule has 22 heavy (non-hydrogen) atoms. The van der Waals surface area contributed by atoms with Crippen LogP contribution < -0.4 is 0 Å². The number of ether oxygens (including phenoxy) is 2. The molecule has 0 unspecified atom stereocenters. The van der Waals surface area contributed by atoms with Gasteiger partial charge in [0.05, 0.1) is 12.2 Å². The highest BCUT2D eigenvalue weighted by Gasteiger charge is 2.42. The van der Waals surface area contributed by atoms with Gasteiger partial charge in [-0.1, -0.05) is 44.9 Å². The van der Waals surface area contributed by atoms with Crippen molar-refractivity contribution < 1.29 is 19.4 Å². The van der Waals surface area contributed by atoms with Crippen molar-refractivity contribution in [2.75, 3.05) is 0 Å². The Hall–Kier alpha value is -0.870. The summed E-state index contributed by atoms with van der Waals surface area (Å²) < 4.78 is 10.8. The van der Waals surface area contributed by atoms with Gasteiger partial charge in [0, 0.05) is 6.08 Å². The topological polar surface area (TPSA) is 59.1 Å². The maximum absolute atomic E-state index is 11.7. The van der Waals surface area contributed by atoms with Gasteiger partial charge in [-0.05, 0) is 32.3 Å². The van der Waals surface area contributed by atoms with E-state index in [-0.39, 0.29) is 24.3 Å². The largest absolute Gasteiger partial charge is 0.460 e. The first-order valence-electron chi connectivity index (χ1n) is 8.89. The lowest BCUT2D eigenvalue weighted by atomic mass is 10.0. The zero-order chi connectivity index (χ0) is 15.8. The van der Waals surface area contributed by atoms with Crippen LogP contribution in [0.5, 0.6) is 0 Å². The van der Waals surface area contributed by atoms with E-state index in [4.69, 9.17) is 9.47 Å². The molecule has 0 spiro atoms. The molecule has 4 nitrogen and oxygen atoms in total. The van der Waals surface area contributed by atoms with Gasteiger partial charge in [-0.15, -0.1) is 0 Å². The van der Waals surface area contributed by atoms with Crippen LogP contribution in [0.1, 0.15) is 71.1 Å². The second kappa shape index (κ2) is 9.31. The van der Waals surface area contributed by atoms with Gasteiger partial charge in [-0.2, -0.15) is 0 Å². The lowest BCUT2D eigenvalue weighted by Crippen LogP contribution is -2.16. The van der Waals surface area contributed by atoms with E-state index in [1.165, 1.54) is 44.6 Å². The number of carbonyl (C=O) groups excluding carboxylic acids is 1. The predicted molar refractivity (Wildman–Crippen MR) is 85.5 cm³/mol. The number of rotatable bonds is 0. The maximum Gasteiger partial charge on any atom is 0.330 e. The minimum absolute atomic E-state index is 0.0301. The first kappa shape index (κ1) is 17.5. The van der Waals surface area contributed by atoms with Gasteiger partial charge in [0.1, 0.15) is 12.2 Å². The summed E-state index contributed by atoms with van der Waals surface area (Å²) in [5.74, 6) is -0.308. The summed E-state index contributed by atoms with van der Waals surface area (Å²) in [6.07, 6.45) is 13.8. The average Bonchev–Trinajstić information content (AvgIpc) is 3.25. The minimum Gasteiger partial charge on any atom is -0.460 e. The summed E-state index contributed by atoms with van der Waals surface area (Å²) in [5, 5.41) is 10.0. The summed E-state index contributed by atoms with van der Waals surface area (Å²) in [6, 6.07) is 0. The van der Waals surface area contributed by atoms with E-state index in [9.17, 15) is 9.90 Å². The molecular formula is C18H30O4. The fraction of sp³-hybridized carbons (Fsp3) is 0.833. The summed E-state index contributed by atoms with van der Waals surface area (Å²) in [5.41, 5.74) is 0. The zero-order valence-corrected chi connectivity index (χ0v) is 13.7. The van der Waals surface area contributed by atoms with Crippen LogP contribution in [0.2, 0.25) is 0 Å². The normalized spacial score (nSPS) is 37.3. The first-order valence-corrected chi connectivity index (χ1v) is 8.89. The van der Waals surface area contributed by atoms with Crippen molar-refractivity contribution in [2.24, 2.45) is 0 Å². The molecular weight excluding hydrogens is 280 g/mol. The van der Waals surface area contributed by atoms with Crippen molar-refractivity contribution in [1.29, 1.82) is 0 Å². The highest BCUT2D eigenvalue weighted by molar-refractivity contribution is 5.82. The molecule has 2 aliphatic rings. The lowest BCUT2D eigenvalue weighted by Gasteiger charge is -2.11.